The standard InChI is InChI=1S/C13H12FN3O3S/c1-20-10-3-2-7(4-8(10)14)9(18)6-21-13-16-11(15)5-12(19)17-13/h2-5H,6H2,1H3,(H3,15,16,17,19). The Hall–Kier alpha value is -2.35. The molecule has 0 atom stereocenters. The summed E-state index contributed by atoms with van der Waals surface area (Å²) in [6.45, 7) is 0. The van der Waals surface area contributed by atoms with Crippen LogP contribution in [0.1, 0.15) is 10.4 Å². The largest absolute Gasteiger partial charge is 0.494 e. The Kier molecular flexibility index (Phi) is 4.59. The highest BCUT2D eigenvalue weighted by Crippen LogP contribution is 2.20. The number of aromatic amines is 1. The van der Waals surface area contributed by atoms with Gasteiger partial charge in [-0.2, -0.15) is 0 Å². The van der Waals surface area contributed by atoms with E-state index >= 15 is 0 Å². The number of hydrogen-bond donors (Lipinski definition) is 2. The molecule has 2 aromatic rings. The van der Waals surface area contributed by atoms with Crippen molar-refractivity contribution in [2.24, 2.45) is 0 Å². The zero-order valence-corrected chi connectivity index (χ0v) is 11.9. The molecule has 0 fully saturated rings. The Morgan fingerprint density at radius 1 is 1.48 bits per heavy atom. The first kappa shape index (κ1) is 15.0. The Morgan fingerprint density at radius 2 is 2.24 bits per heavy atom. The number of ether oxygens (including phenoxy) is 1. The Labute approximate surface area is 123 Å². The summed E-state index contributed by atoms with van der Waals surface area (Å²) in [5.74, 6) is -0.765. The summed E-state index contributed by atoms with van der Waals surface area (Å²) in [4.78, 5) is 29.5. The number of nitrogens with two attached hydrogens (primary N) is 1. The number of hydrogen-bond acceptors (Lipinski definition) is 6. The molecule has 0 saturated heterocycles. The van der Waals surface area contributed by atoms with Gasteiger partial charge in [0, 0.05) is 11.6 Å². The molecule has 6 nitrogen and oxygen atoms in total. The summed E-state index contributed by atoms with van der Waals surface area (Å²) < 4.78 is 18.3. The second-order valence-electron chi connectivity index (χ2n) is 4.04. The number of carbonyl (C=O) groups excluding carboxylic acids is 1. The number of ketones is 1. The summed E-state index contributed by atoms with van der Waals surface area (Å²) in [6.07, 6.45) is 0. The summed E-state index contributed by atoms with van der Waals surface area (Å²) in [5.41, 5.74) is 5.26. The minimum absolute atomic E-state index is 0.00182. The number of nitrogen functional groups attached to an aromatic ring is 1. The Balaban J connectivity index is 2.08. The van der Waals surface area contributed by atoms with Gasteiger partial charge in [0.15, 0.2) is 22.5 Å². The topological polar surface area (TPSA) is 98.1 Å². The van der Waals surface area contributed by atoms with Gasteiger partial charge < -0.3 is 15.5 Å². The molecule has 0 radical (unpaired) electrons. The van der Waals surface area contributed by atoms with Crippen molar-refractivity contribution in [1.29, 1.82) is 0 Å². The summed E-state index contributed by atoms with van der Waals surface area (Å²) in [5, 5.41) is 0.238. The third-order valence-corrected chi connectivity index (χ3v) is 3.43. The average molecular weight is 309 g/mol. The molecule has 2 rings (SSSR count). The number of aromatic nitrogens is 2. The van der Waals surface area contributed by atoms with Crippen LogP contribution in [0.15, 0.2) is 34.2 Å². The van der Waals surface area contributed by atoms with Crippen molar-refractivity contribution >= 4 is 23.4 Å². The van der Waals surface area contributed by atoms with E-state index in [1.54, 1.807) is 0 Å². The van der Waals surface area contributed by atoms with Crippen molar-refractivity contribution in [3.63, 3.8) is 0 Å². The molecular weight excluding hydrogens is 297 g/mol. The summed E-state index contributed by atoms with van der Waals surface area (Å²) in [7, 11) is 1.34. The van der Waals surface area contributed by atoms with Gasteiger partial charge in [-0.3, -0.25) is 9.59 Å². The molecule has 8 heteroatoms. The van der Waals surface area contributed by atoms with E-state index in [0.29, 0.717) is 0 Å². The third-order valence-electron chi connectivity index (χ3n) is 2.55. The van der Waals surface area contributed by atoms with E-state index in [1.165, 1.54) is 19.2 Å². The second-order valence-corrected chi connectivity index (χ2v) is 5.00. The molecule has 3 N–H and O–H groups in total. The molecule has 0 spiro atoms. The highest BCUT2D eigenvalue weighted by Gasteiger charge is 2.11. The van der Waals surface area contributed by atoms with Crippen molar-refractivity contribution in [1.82, 2.24) is 9.97 Å². The third kappa shape index (κ3) is 3.82. The smallest absolute Gasteiger partial charge is 0.253 e. The predicted octanol–water partition coefficient (Wildman–Crippen LogP) is 1.47. The van der Waals surface area contributed by atoms with Crippen LogP contribution < -0.4 is 16.0 Å². The van der Waals surface area contributed by atoms with Crippen LogP contribution in [0.4, 0.5) is 10.2 Å². The van der Waals surface area contributed by atoms with Crippen LogP contribution in [-0.2, 0) is 0 Å². The lowest BCUT2D eigenvalue weighted by Crippen LogP contribution is -2.11. The van der Waals surface area contributed by atoms with Crippen LogP contribution in [0.2, 0.25) is 0 Å². The normalized spacial score (nSPS) is 10.4. The van der Waals surface area contributed by atoms with Gasteiger partial charge in [0.05, 0.1) is 12.9 Å². The monoisotopic (exact) mass is 309 g/mol. The maximum absolute atomic E-state index is 13.5. The number of Topliss-reactive ketones (excluding diaryl/α,β-unsaturated/α-hetero) is 1. The molecule has 0 saturated carbocycles. The maximum Gasteiger partial charge on any atom is 0.253 e. The molecule has 1 aromatic carbocycles. The van der Waals surface area contributed by atoms with E-state index in [2.05, 4.69) is 9.97 Å². The fraction of sp³-hybridized carbons (Fsp3) is 0.154. The number of nitrogens with zero attached hydrogens (tertiary/aromatic N) is 1. The van der Waals surface area contributed by atoms with Gasteiger partial charge in [0.1, 0.15) is 5.82 Å². The van der Waals surface area contributed by atoms with Gasteiger partial charge in [-0.1, -0.05) is 11.8 Å². The van der Waals surface area contributed by atoms with Crippen molar-refractivity contribution in [2.75, 3.05) is 18.6 Å². The molecule has 0 bridgehead atoms. The van der Waals surface area contributed by atoms with Gasteiger partial charge >= 0.3 is 0 Å². The van der Waals surface area contributed by atoms with Crippen LogP contribution in [0.25, 0.3) is 0 Å². The SMILES string of the molecule is COc1ccc(C(=O)CSc2nc(N)cc(=O)[nH]2)cc1F. The Morgan fingerprint density at radius 3 is 2.86 bits per heavy atom. The molecule has 0 aliphatic carbocycles. The number of carbonyl (C=O) groups is 1. The first-order valence-corrected chi connectivity index (χ1v) is 6.84. The van der Waals surface area contributed by atoms with Crippen LogP contribution in [0.3, 0.4) is 0 Å². The molecule has 110 valence electrons. The lowest BCUT2D eigenvalue weighted by atomic mass is 10.1. The number of anilines is 1. The van der Waals surface area contributed by atoms with Crippen LogP contribution in [-0.4, -0.2) is 28.6 Å². The van der Waals surface area contributed by atoms with E-state index in [9.17, 15) is 14.0 Å². The molecule has 21 heavy (non-hydrogen) atoms. The number of H-pyrrole nitrogens is 1. The van der Waals surface area contributed by atoms with E-state index in [4.69, 9.17) is 10.5 Å². The molecule has 0 amide bonds. The van der Waals surface area contributed by atoms with Gasteiger partial charge in [0.2, 0.25) is 0 Å². The highest BCUT2D eigenvalue weighted by molar-refractivity contribution is 7.99. The molecule has 0 aliphatic rings. The first-order chi connectivity index (χ1) is 9.99. The molecular formula is C13H12FN3O3S. The number of benzene rings is 1. The fourth-order valence-electron chi connectivity index (χ4n) is 1.58. The zero-order valence-electron chi connectivity index (χ0n) is 11.1. The number of methoxy groups -OCH3 is 1. The minimum atomic E-state index is -0.608. The second kappa shape index (κ2) is 6.40. The minimum Gasteiger partial charge on any atom is -0.494 e. The van der Waals surface area contributed by atoms with Gasteiger partial charge in [0.25, 0.3) is 5.56 Å². The lowest BCUT2D eigenvalue weighted by molar-refractivity contribution is 0.102. The quantitative estimate of drug-likeness (QED) is 0.493. The average Bonchev–Trinajstić information content (AvgIpc) is 2.43. The van der Waals surface area contributed by atoms with Gasteiger partial charge in [-0.25, -0.2) is 9.37 Å². The Bertz CT molecular complexity index is 733. The first-order valence-electron chi connectivity index (χ1n) is 5.86. The van der Waals surface area contributed by atoms with E-state index in [1.807, 2.05) is 0 Å². The molecule has 0 aliphatic heterocycles. The predicted molar refractivity (Wildman–Crippen MR) is 77.3 cm³/mol. The van der Waals surface area contributed by atoms with E-state index in [-0.39, 0.29) is 33.8 Å². The molecule has 1 aromatic heterocycles. The number of nitrogens with one attached hydrogen (secondary N) is 1. The van der Waals surface area contributed by atoms with Crippen molar-refractivity contribution in [2.45, 2.75) is 5.16 Å². The van der Waals surface area contributed by atoms with Crippen LogP contribution in [0, 0.1) is 5.82 Å². The molecule has 0 unspecified atom stereocenters. The zero-order chi connectivity index (χ0) is 15.4. The maximum atomic E-state index is 13.5. The van der Waals surface area contributed by atoms with E-state index in [0.717, 1.165) is 23.9 Å². The molecule has 1 heterocycles. The van der Waals surface area contributed by atoms with Crippen molar-refractivity contribution < 1.29 is 13.9 Å². The van der Waals surface area contributed by atoms with Crippen molar-refractivity contribution in [3.05, 3.63) is 46.0 Å². The van der Waals surface area contributed by atoms with Gasteiger partial charge in [-0.05, 0) is 18.2 Å². The van der Waals surface area contributed by atoms with Crippen LogP contribution >= 0.6 is 11.8 Å². The summed E-state index contributed by atoms with van der Waals surface area (Å²) in [6, 6.07) is 5.11. The van der Waals surface area contributed by atoms with Crippen molar-refractivity contribution in [3.8, 4) is 5.75 Å². The fourth-order valence-corrected chi connectivity index (χ4v) is 2.36. The lowest BCUT2D eigenvalue weighted by Gasteiger charge is -2.05. The number of thioether (sulfide) groups is 1. The highest BCUT2D eigenvalue weighted by atomic mass is 32.2. The van der Waals surface area contributed by atoms with Crippen LogP contribution in [0.5, 0.6) is 5.75 Å². The number of halogens is 1. The van der Waals surface area contributed by atoms with E-state index < -0.39 is 11.4 Å². The number of rotatable bonds is 5. The summed E-state index contributed by atoms with van der Waals surface area (Å²) >= 11 is 1.02. The van der Waals surface area contributed by atoms with Gasteiger partial charge in [-0.15, -0.1) is 0 Å².